The van der Waals surface area contributed by atoms with Crippen LogP contribution >= 0.6 is 0 Å². The van der Waals surface area contributed by atoms with Crippen molar-refractivity contribution in [2.45, 2.75) is 251 Å². The summed E-state index contributed by atoms with van der Waals surface area (Å²) in [6.07, 6.45) is 45.4. The van der Waals surface area contributed by atoms with Crippen LogP contribution in [0, 0.1) is 0 Å². The summed E-state index contributed by atoms with van der Waals surface area (Å²) in [6.45, 7) is 4.77. The van der Waals surface area contributed by atoms with Crippen molar-refractivity contribution in [3.8, 4) is 0 Å². The first-order valence-corrected chi connectivity index (χ1v) is 24.7. The zero-order valence-corrected chi connectivity index (χ0v) is 39.0. The highest BCUT2D eigenvalue weighted by Crippen LogP contribution is 2.16. The molecule has 0 fully saturated rings. The van der Waals surface area contributed by atoms with E-state index >= 15 is 0 Å². The van der Waals surface area contributed by atoms with Crippen LogP contribution in [0.2, 0.25) is 0 Å². The maximum Gasteiger partial charge on any atom is 0.362 e. The summed E-state index contributed by atoms with van der Waals surface area (Å²) in [6, 6.07) is -0.611. The van der Waals surface area contributed by atoms with Gasteiger partial charge in [0.2, 0.25) is 0 Å². The molecule has 0 spiro atoms. The van der Waals surface area contributed by atoms with Crippen LogP contribution in [0.15, 0.2) is 12.2 Å². The number of unbranched alkanes of at least 4 members (excludes halogenated alkanes) is 29. The third-order valence-electron chi connectivity index (χ3n) is 11.4. The van der Waals surface area contributed by atoms with Crippen molar-refractivity contribution in [1.82, 2.24) is 0 Å². The number of rotatable bonds is 45. The van der Waals surface area contributed by atoms with E-state index in [9.17, 15) is 19.5 Å². The number of hydrogen-bond acceptors (Lipinski definition) is 6. The van der Waals surface area contributed by atoms with E-state index in [0.29, 0.717) is 19.3 Å². The molecule has 0 heterocycles. The number of allylic oxidation sites excluding steroid dienone is 2. The Hall–Kier alpha value is -1.93. The summed E-state index contributed by atoms with van der Waals surface area (Å²) in [5, 5.41) is 9.63. The second-order valence-corrected chi connectivity index (χ2v) is 18.1. The van der Waals surface area contributed by atoms with Crippen molar-refractivity contribution in [2.24, 2.45) is 0 Å². The average Bonchev–Trinajstić information content (AvgIpc) is 3.18. The quantitative estimate of drug-likeness (QED) is 0.0283. The highest BCUT2D eigenvalue weighted by Gasteiger charge is 2.31. The number of carbonyl (C=O) groups excluding carboxylic acids is 2. The Kier molecular flexibility index (Phi) is 40.4. The van der Waals surface area contributed by atoms with Crippen molar-refractivity contribution in [2.75, 3.05) is 41.0 Å². The number of hydrogen-bond donors (Lipinski definition) is 1. The Labute approximate surface area is 359 Å². The second kappa shape index (κ2) is 41.8. The zero-order valence-electron chi connectivity index (χ0n) is 39.0. The van der Waals surface area contributed by atoms with Gasteiger partial charge in [0.05, 0.1) is 34.4 Å². The monoisotopic (exact) mass is 823 g/mol. The molecule has 0 amide bonds. The smallest absolute Gasteiger partial charge is 0.362 e. The number of aliphatic carboxylic acids is 1. The molecule has 8 heteroatoms. The van der Waals surface area contributed by atoms with Crippen LogP contribution in [0.3, 0.4) is 0 Å². The standard InChI is InChI=1S/C50H95NO7/c1-6-8-10-12-14-16-18-20-22-23-24-25-26-27-29-30-32-34-36-38-40-48(52)57-45-46(44-56-43-42-47(50(54)55)51(3,4)5)58-49(53)41-39-37-35-33-31-28-21-19-17-15-13-11-9-7-2/h24-25,46-47H,6-23,26-45H2,1-5H3/p+1/b25-24+. The van der Waals surface area contributed by atoms with Gasteiger partial charge in [-0.25, -0.2) is 4.79 Å². The zero-order chi connectivity index (χ0) is 42.8. The van der Waals surface area contributed by atoms with Gasteiger partial charge in [-0.3, -0.25) is 9.59 Å². The molecule has 342 valence electrons. The molecule has 0 aliphatic carbocycles. The van der Waals surface area contributed by atoms with Gasteiger partial charge in [-0.1, -0.05) is 193 Å². The first-order valence-electron chi connectivity index (χ1n) is 24.7. The van der Waals surface area contributed by atoms with Gasteiger partial charge >= 0.3 is 17.9 Å². The molecule has 0 aromatic carbocycles. The van der Waals surface area contributed by atoms with E-state index in [0.717, 1.165) is 38.5 Å². The number of carboxylic acid groups (broad SMARTS) is 1. The normalized spacial score (nSPS) is 12.9. The number of nitrogens with zero attached hydrogens (tertiary/aromatic N) is 1. The average molecular weight is 823 g/mol. The summed E-state index contributed by atoms with van der Waals surface area (Å²) >= 11 is 0. The minimum Gasteiger partial charge on any atom is -0.477 e. The topological polar surface area (TPSA) is 99.1 Å². The first kappa shape index (κ1) is 56.1. The predicted molar refractivity (Wildman–Crippen MR) is 243 cm³/mol. The van der Waals surface area contributed by atoms with Gasteiger partial charge in [0.25, 0.3) is 0 Å². The number of quaternary nitrogens is 1. The van der Waals surface area contributed by atoms with Gasteiger partial charge in [0, 0.05) is 19.3 Å². The van der Waals surface area contributed by atoms with Crippen molar-refractivity contribution in [3.63, 3.8) is 0 Å². The summed E-state index contributed by atoms with van der Waals surface area (Å²) in [4.78, 5) is 37.1. The molecule has 8 nitrogen and oxygen atoms in total. The van der Waals surface area contributed by atoms with Crippen molar-refractivity contribution >= 4 is 17.9 Å². The van der Waals surface area contributed by atoms with E-state index in [2.05, 4.69) is 26.0 Å². The summed E-state index contributed by atoms with van der Waals surface area (Å²) in [5.41, 5.74) is 0. The van der Waals surface area contributed by atoms with E-state index in [-0.39, 0.29) is 36.2 Å². The molecule has 0 saturated carbocycles. The van der Waals surface area contributed by atoms with Gasteiger partial charge in [0.1, 0.15) is 6.61 Å². The number of ether oxygens (including phenoxy) is 3. The SMILES string of the molecule is CCCCCCCCCCC/C=C/CCCCCCCCCC(=O)OCC(COCCC(C(=O)O)[N+](C)(C)C)OC(=O)CCCCCCCCCCCCCCCC. The number of carbonyl (C=O) groups is 3. The molecule has 58 heavy (non-hydrogen) atoms. The molecular formula is C50H96NO7+. The number of likely N-dealkylation sites (N-methyl/N-ethyl adjacent to an activating group) is 1. The molecule has 2 atom stereocenters. The Morgan fingerprint density at radius 1 is 0.500 bits per heavy atom. The van der Waals surface area contributed by atoms with Crippen molar-refractivity contribution in [1.29, 1.82) is 0 Å². The molecule has 0 aliphatic heterocycles. The van der Waals surface area contributed by atoms with Gasteiger partial charge in [0.15, 0.2) is 12.1 Å². The predicted octanol–water partition coefficient (Wildman–Crippen LogP) is 13.9. The fraction of sp³-hybridized carbons (Fsp3) is 0.900. The second-order valence-electron chi connectivity index (χ2n) is 18.1. The molecule has 1 N–H and O–H groups in total. The third-order valence-corrected chi connectivity index (χ3v) is 11.4. The van der Waals surface area contributed by atoms with E-state index in [4.69, 9.17) is 14.2 Å². The first-order chi connectivity index (χ1) is 28.1. The Morgan fingerprint density at radius 2 is 0.862 bits per heavy atom. The number of esters is 2. The van der Waals surface area contributed by atoms with E-state index < -0.39 is 18.1 Å². The van der Waals surface area contributed by atoms with Gasteiger partial charge in [-0.05, 0) is 38.5 Å². The third kappa shape index (κ3) is 39.5. The van der Waals surface area contributed by atoms with Crippen molar-refractivity contribution < 1.29 is 38.2 Å². The Bertz CT molecular complexity index is 962. The minimum atomic E-state index is -0.872. The van der Waals surface area contributed by atoms with E-state index in [1.165, 1.54) is 167 Å². The Balaban J connectivity index is 4.22. The maximum absolute atomic E-state index is 12.7. The van der Waals surface area contributed by atoms with E-state index in [1.807, 2.05) is 21.1 Å². The molecule has 0 aromatic rings. The largest absolute Gasteiger partial charge is 0.477 e. The highest BCUT2D eigenvalue weighted by atomic mass is 16.6. The lowest BCUT2D eigenvalue weighted by atomic mass is 10.0. The van der Waals surface area contributed by atoms with Crippen LogP contribution in [0.1, 0.15) is 239 Å². The lowest BCUT2D eigenvalue weighted by Gasteiger charge is -2.31. The number of carboxylic acids is 1. The van der Waals surface area contributed by atoms with Crippen LogP contribution in [-0.2, 0) is 28.6 Å². The summed E-state index contributed by atoms with van der Waals surface area (Å²) < 4.78 is 17.3. The maximum atomic E-state index is 12.7. The van der Waals surface area contributed by atoms with Gasteiger partial charge in [-0.15, -0.1) is 0 Å². The molecule has 0 saturated heterocycles. The highest BCUT2D eigenvalue weighted by molar-refractivity contribution is 5.72. The van der Waals surface area contributed by atoms with Crippen molar-refractivity contribution in [3.05, 3.63) is 12.2 Å². The summed E-state index contributed by atoms with van der Waals surface area (Å²) in [7, 11) is 5.54. The molecule has 0 bridgehead atoms. The molecule has 2 unspecified atom stereocenters. The molecular weight excluding hydrogens is 727 g/mol. The van der Waals surface area contributed by atoms with Crippen LogP contribution in [0.4, 0.5) is 0 Å². The minimum absolute atomic E-state index is 0.0470. The van der Waals surface area contributed by atoms with Crippen LogP contribution in [0.5, 0.6) is 0 Å². The summed E-state index contributed by atoms with van der Waals surface area (Å²) in [5.74, 6) is -1.45. The van der Waals surface area contributed by atoms with Gasteiger partial charge in [-0.2, -0.15) is 0 Å². The van der Waals surface area contributed by atoms with Crippen LogP contribution in [0.25, 0.3) is 0 Å². The molecule has 0 aromatic heterocycles. The fourth-order valence-corrected chi connectivity index (χ4v) is 7.56. The van der Waals surface area contributed by atoms with Crippen LogP contribution in [-0.4, -0.2) is 80.6 Å². The van der Waals surface area contributed by atoms with Gasteiger partial charge < -0.3 is 23.8 Å². The lowest BCUT2D eigenvalue weighted by Crippen LogP contribution is -2.50. The molecule has 0 rings (SSSR count). The Morgan fingerprint density at radius 3 is 1.24 bits per heavy atom. The van der Waals surface area contributed by atoms with E-state index in [1.54, 1.807) is 0 Å². The fourth-order valence-electron chi connectivity index (χ4n) is 7.56. The lowest BCUT2D eigenvalue weighted by molar-refractivity contribution is -0.887. The van der Waals surface area contributed by atoms with Crippen LogP contribution < -0.4 is 0 Å². The molecule has 0 aliphatic rings. The molecule has 0 radical (unpaired) electrons.